The van der Waals surface area contributed by atoms with Gasteiger partial charge in [0, 0.05) is 5.71 Å². The Bertz CT molecular complexity index is 2020. The van der Waals surface area contributed by atoms with E-state index in [0.717, 1.165) is 0 Å². The van der Waals surface area contributed by atoms with Gasteiger partial charge in [0.2, 0.25) is 11.3 Å². The van der Waals surface area contributed by atoms with Crippen molar-refractivity contribution >= 4 is 57.7 Å². The van der Waals surface area contributed by atoms with Crippen molar-refractivity contribution in [2.45, 2.75) is 6.92 Å². The molecule has 0 aliphatic rings. The maximum absolute atomic E-state index is 9.22. The fraction of sp³-hybridized carbons (Fsp3) is 0.0435. The van der Waals surface area contributed by atoms with E-state index in [2.05, 4.69) is 56.6 Å². The number of rotatable bonds is 3. The number of benzene rings is 1. The summed E-state index contributed by atoms with van der Waals surface area (Å²) >= 11 is 0. The first kappa shape index (κ1) is 22.4. The average molecular weight is 480 g/mol. The molecule has 0 bridgehead atoms. The van der Waals surface area contributed by atoms with Gasteiger partial charge in [0.1, 0.15) is 24.3 Å². The molecule has 4 aromatic heterocycles. The summed E-state index contributed by atoms with van der Waals surface area (Å²) in [6.07, 6.45) is 0. The van der Waals surface area contributed by atoms with Gasteiger partial charge in [0.05, 0.1) is 11.0 Å². The van der Waals surface area contributed by atoms with Crippen LogP contribution >= 0.6 is 0 Å². The van der Waals surface area contributed by atoms with E-state index in [1.54, 1.807) is 37.3 Å². The van der Waals surface area contributed by atoms with Crippen LogP contribution in [0.25, 0.3) is 33.6 Å². The Morgan fingerprint density at radius 1 is 0.649 bits per heavy atom. The van der Waals surface area contributed by atoms with Crippen LogP contribution in [0.2, 0.25) is 0 Å². The second-order valence-corrected chi connectivity index (χ2v) is 7.24. The molecule has 0 saturated carbocycles. The highest BCUT2D eigenvalue weighted by atomic mass is 15.1. The summed E-state index contributed by atoms with van der Waals surface area (Å²) in [4.78, 5) is 41.9. The van der Waals surface area contributed by atoms with Crippen LogP contribution < -0.4 is 0 Å². The minimum atomic E-state index is -0.180. The maximum atomic E-state index is 9.22. The van der Waals surface area contributed by atoms with Crippen LogP contribution in [-0.2, 0) is 0 Å². The molecule has 0 unspecified atom stereocenters. The monoisotopic (exact) mass is 480 g/mol. The summed E-state index contributed by atoms with van der Waals surface area (Å²) in [6, 6.07) is 12.4. The first-order valence-corrected chi connectivity index (χ1v) is 10.2. The quantitative estimate of drug-likeness (QED) is 0.268. The summed E-state index contributed by atoms with van der Waals surface area (Å²) in [5.74, 6) is 0.148. The van der Waals surface area contributed by atoms with Gasteiger partial charge in [-0.15, -0.1) is 0 Å². The van der Waals surface area contributed by atoms with Gasteiger partial charge in [-0.3, -0.25) is 0 Å². The van der Waals surface area contributed by atoms with Crippen molar-refractivity contribution in [3.63, 3.8) is 0 Å². The highest BCUT2D eigenvalue weighted by Crippen LogP contribution is 2.26. The van der Waals surface area contributed by atoms with Crippen LogP contribution in [-0.4, -0.2) is 52.3 Å². The lowest BCUT2D eigenvalue weighted by molar-refractivity contribution is 1.10. The zero-order valence-corrected chi connectivity index (χ0v) is 18.7. The van der Waals surface area contributed by atoms with E-state index in [4.69, 9.17) is 10.5 Å². The molecule has 5 rings (SSSR count). The third-order valence-electron chi connectivity index (χ3n) is 5.04. The molecule has 0 aliphatic carbocycles. The van der Waals surface area contributed by atoms with Crippen molar-refractivity contribution in [3.8, 4) is 24.3 Å². The molecular formula is C23H8N14. The zero-order valence-electron chi connectivity index (χ0n) is 18.7. The van der Waals surface area contributed by atoms with Crippen molar-refractivity contribution in [3.05, 3.63) is 46.5 Å². The molecule has 170 valence electrons. The topological polar surface area (TPSA) is 223 Å². The number of hydrogen-bond donors (Lipinski definition) is 0. The Labute approximate surface area is 206 Å². The van der Waals surface area contributed by atoms with E-state index in [1.807, 2.05) is 12.1 Å². The summed E-state index contributed by atoms with van der Waals surface area (Å²) in [5.41, 5.74) is 1.82. The second kappa shape index (κ2) is 8.76. The van der Waals surface area contributed by atoms with Crippen molar-refractivity contribution in [2.75, 3.05) is 0 Å². The Balaban J connectivity index is 1.62. The van der Waals surface area contributed by atoms with Crippen molar-refractivity contribution in [1.29, 1.82) is 21.0 Å². The molecule has 0 atom stereocenters. The number of hydrogen-bond acceptors (Lipinski definition) is 14. The Morgan fingerprint density at radius 3 is 1.59 bits per heavy atom. The second-order valence-electron chi connectivity index (χ2n) is 7.24. The predicted molar refractivity (Wildman–Crippen MR) is 128 cm³/mol. The first-order valence-electron chi connectivity index (χ1n) is 10.2. The summed E-state index contributed by atoms with van der Waals surface area (Å²) in [5, 5.41) is 36.8. The molecule has 37 heavy (non-hydrogen) atoms. The third-order valence-corrected chi connectivity index (χ3v) is 5.04. The number of aliphatic imine (C=N–C) groups is 2. The van der Waals surface area contributed by atoms with E-state index in [-0.39, 0.29) is 57.0 Å². The lowest BCUT2D eigenvalue weighted by Gasteiger charge is -2.06. The Morgan fingerprint density at radius 2 is 1.11 bits per heavy atom. The van der Waals surface area contributed by atoms with Gasteiger partial charge in [-0.2, -0.15) is 21.0 Å². The molecule has 0 spiro atoms. The number of aromatic nitrogens is 8. The van der Waals surface area contributed by atoms with Gasteiger partial charge in [-0.25, -0.2) is 49.9 Å². The van der Waals surface area contributed by atoms with Gasteiger partial charge in [0.15, 0.2) is 45.7 Å². The number of fused-ring (bicyclic) bond motifs is 3. The van der Waals surface area contributed by atoms with Gasteiger partial charge < -0.3 is 0 Å². The van der Waals surface area contributed by atoms with Crippen LogP contribution in [0.1, 0.15) is 35.3 Å². The zero-order chi connectivity index (χ0) is 26.1. The van der Waals surface area contributed by atoms with E-state index >= 15 is 0 Å². The van der Waals surface area contributed by atoms with Crippen molar-refractivity contribution in [1.82, 2.24) is 39.9 Å². The third kappa shape index (κ3) is 3.85. The van der Waals surface area contributed by atoms with E-state index in [9.17, 15) is 10.5 Å². The van der Waals surface area contributed by atoms with Crippen molar-refractivity contribution < 1.29 is 0 Å². The van der Waals surface area contributed by atoms with Crippen LogP contribution in [0, 0.1) is 45.3 Å². The minimum absolute atomic E-state index is 0.0222. The van der Waals surface area contributed by atoms with Crippen LogP contribution in [0.3, 0.4) is 0 Å². The first-order chi connectivity index (χ1) is 18.0. The minimum Gasteiger partial charge on any atom is -0.242 e. The molecule has 0 aliphatic heterocycles. The lowest BCUT2D eigenvalue weighted by atomic mass is 10.1. The smallest absolute Gasteiger partial charge is 0.201 e. The van der Waals surface area contributed by atoms with Gasteiger partial charge in [-0.05, 0) is 31.3 Å². The molecule has 14 nitrogen and oxygen atoms in total. The number of nitrogens with zero attached hydrogens (tertiary/aromatic N) is 14. The maximum Gasteiger partial charge on any atom is 0.201 e. The standard InChI is InChI=1S/C23H8N14/c1-10(29-19-18(28-2)36-22-23(37-19)35-17(9-27)16(8-26)34-22)11-3-4-12-13(5-11)31-21-20(30-12)32-14(6-24)15(7-25)33-21/h3-5H,2H2,1H3/b29-10+. The molecule has 14 heteroatoms. The van der Waals surface area contributed by atoms with Crippen molar-refractivity contribution in [2.24, 2.45) is 9.98 Å². The largest absolute Gasteiger partial charge is 0.242 e. The molecule has 0 radical (unpaired) electrons. The molecule has 5 aromatic rings. The molecular weight excluding hydrogens is 472 g/mol. The van der Waals surface area contributed by atoms with E-state index in [1.165, 1.54) is 0 Å². The fourth-order valence-corrected chi connectivity index (χ4v) is 3.31. The molecule has 0 amide bonds. The fourth-order valence-electron chi connectivity index (χ4n) is 3.31. The summed E-state index contributed by atoms with van der Waals surface area (Å²) in [6.45, 7) is 5.22. The van der Waals surface area contributed by atoms with Gasteiger partial charge in [-0.1, -0.05) is 6.07 Å². The molecule has 0 saturated heterocycles. The van der Waals surface area contributed by atoms with Crippen LogP contribution in [0.5, 0.6) is 0 Å². The highest BCUT2D eigenvalue weighted by Gasteiger charge is 2.15. The van der Waals surface area contributed by atoms with Gasteiger partial charge in [0.25, 0.3) is 0 Å². The SMILES string of the molecule is C=Nc1nc2nc(C#N)c(C#N)nc2nc1/N=C(\C)c1ccc2nc3nc(C#N)c(C#N)nc3nc2c1. The summed E-state index contributed by atoms with van der Waals surface area (Å²) < 4.78 is 0. The normalized spacial score (nSPS) is 11.0. The Hall–Kier alpha value is -6.38. The number of nitriles is 4. The van der Waals surface area contributed by atoms with E-state index in [0.29, 0.717) is 22.3 Å². The molecule has 1 aromatic carbocycles. The molecule has 0 N–H and O–H groups in total. The van der Waals surface area contributed by atoms with Crippen LogP contribution in [0.4, 0.5) is 11.6 Å². The van der Waals surface area contributed by atoms with Gasteiger partial charge >= 0.3 is 0 Å². The Kier molecular flexibility index (Phi) is 5.31. The molecule has 4 heterocycles. The molecule has 0 fully saturated rings. The van der Waals surface area contributed by atoms with E-state index < -0.39 is 0 Å². The summed E-state index contributed by atoms with van der Waals surface area (Å²) in [7, 11) is 0. The highest BCUT2D eigenvalue weighted by molar-refractivity contribution is 6.03. The lowest BCUT2D eigenvalue weighted by Crippen LogP contribution is -2.02. The average Bonchev–Trinajstić information content (AvgIpc) is 2.93. The predicted octanol–water partition coefficient (Wildman–Crippen LogP) is 2.27. The van der Waals surface area contributed by atoms with Crippen LogP contribution in [0.15, 0.2) is 28.2 Å².